The van der Waals surface area contributed by atoms with E-state index < -0.39 is 0 Å². The molecule has 1 aromatic rings. The molecular weight excluding hydrogens is 141 g/mol. The summed E-state index contributed by atoms with van der Waals surface area (Å²) < 4.78 is 12.2. The minimum Gasteiger partial charge on any atom is -0.333 e. The molecule has 0 heterocycles. The largest absolute Gasteiger partial charge is 0.333 e. The summed E-state index contributed by atoms with van der Waals surface area (Å²) in [6, 6.07) is 6.57. The molecule has 0 saturated heterocycles. The Kier molecular flexibility index (Phi) is 5.39. The predicted molar refractivity (Wildman–Crippen MR) is 45.9 cm³/mol. The molecule has 1 aromatic carbocycles. The van der Waals surface area contributed by atoms with Gasteiger partial charge in [0.05, 0.1) is 0 Å². The molecule has 0 aromatic heterocycles. The van der Waals surface area contributed by atoms with Crippen LogP contribution in [0.25, 0.3) is 0 Å². The van der Waals surface area contributed by atoms with Gasteiger partial charge in [-0.05, 0) is 31.2 Å². The maximum Gasteiger partial charge on any atom is 0.123 e. The van der Waals surface area contributed by atoms with Crippen LogP contribution in [0, 0.1) is 5.82 Å². The molecule has 1 nitrogen and oxygen atoms in total. The Morgan fingerprint density at radius 1 is 1.18 bits per heavy atom. The van der Waals surface area contributed by atoms with Crippen LogP contribution >= 0.6 is 0 Å². The summed E-state index contributed by atoms with van der Waals surface area (Å²) in [5, 5.41) is 0. The molecule has 2 N–H and O–H groups in total. The maximum atomic E-state index is 12.2. The van der Waals surface area contributed by atoms with E-state index in [-0.39, 0.29) is 5.82 Å². The molecule has 0 fully saturated rings. The highest BCUT2D eigenvalue weighted by Gasteiger charge is 1.87. The van der Waals surface area contributed by atoms with Gasteiger partial charge in [0, 0.05) is 0 Å². The van der Waals surface area contributed by atoms with Gasteiger partial charge in [0.15, 0.2) is 0 Å². The number of hydrogen-bond donors (Lipinski definition) is 1. The molecule has 0 spiro atoms. The van der Waals surface area contributed by atoms with Gasteiger partial charge in [0.2, 0.25) is 0 Å². The van der Waals surface area contributed by atoms with E-state index in [9.17, 15) is 4.39 Å². The fourth-order valence-electron chi connectivity index (χ4n) is 0.720. The molecule has 0 aliphatic rings. The third-order valence-electron chi connectivity index (χ3n) is 1.32. The lowest BCUT2D eigenvalue weighted by Gasteiger charge is -1.92. The average molecular weight is 155 g/mol. The summed E-state index contributed by atoms with van der Waals surface area (Å²) in [5.74, 6) is -0.160. The number of benzene rings is 1. The minimum absolute atomic E-state index is 0.160. The van der Waals surface area contributed by atoms with Crippen molar-refractivity contribution in [2.45, 2.75) is 13.3 Å². The van der Waals surface area contributed by atoms with Crippen LogP contribution in [0.2, 0.25) is 0 Å². The normalized spacial score (nSPS) is 8.36. The molecule has 0 saturated carbocycles. The highest BCUT2D eigenvalue weighted by Crippen LogP contribution is 2.01. The topological polar surface area (TPSA) is 26.0 Å². The van der Waals surface area contributed by atoms with Crippen molar-refractivity contribution in [3.05, 3.63) is 35.6 Å². The van der Waals surface area contributed by atoms with Crippen molar-refractivity contribution in [3.8, 4) is 0 Å². The second-order valence-corrected chi connectivity index (χ2v) is 1.98. The number of aryl methyl sites for hydroxylation is 1. The van der Waals surface area contributed by atoms with Crippen molar-refractivity contribution in [2.75, 3.05) is 7.05 Å². The van der Waals surface area contributed by atoms with Gasteiger partial charge in [-0.2, -0.15) is 0 Å². The Labute approximate surface area is 67.0 Å². The summed E-state index contributed by atoms with van der Waals surface area (Å²) in [5.41, 5.74) is 5.68. The first-order chi connectivity index (χ1) is 5.33. The van der Waals surface area contributed by atoms with Crippen molar-refractivity contribution in [2.24, 2.45) is 5.73 Å². The van der Waals surface area contributed by atoms with E-state index in [1.54, 1.807) is 12.1 Å². The Morgan fingerprint density at radius 3 is 2.00 bits per heavy atom. The first kappa shape index (κ1) is 10.1. The van der Waals surface area contributed by atoms with Gasteiger partial charge in [0.1, 0.15) is 5.82 Å². The quantitative estimate of drug-likeness (QED) is 0.659. The summed E-state index contributed by atoms with van der Waals surface area (Å²) in [7, 11) is 1.50. The first-order valence-corrected chi connectivity index (χ1v) is 3.65. The van der Waals surface area contributed by atoms with Crippen LogP contribution in [-0.4, -0.2) is 7.05 Å². The molecule has 0 bridgehead atoms. The summed E-state index contributed by atoms with van der Waals surface area (Å²) in [6.07, 6.45) is 0.972. The number of halogens is 1. The van der Waals surface area contributed by atoms with Gasteiger partial charge in [0.25, 0.3) is 0 Å². The third-order valence-corrected chi connectivity index (χ3v) is 1.32. The summed E-state index contributed by atoms with van der Waals surface area (Å²) in [4.78, 5) is 0. The molecule has 0 atom stereocenters. The Hall–Kier alpha value is -0.890. The third kappa shape index (κ3) is 3.73. The molecule has 0 unspecified atom stereocenters. The van der Waals surface area contributed by atoms with Crippen molar-refractivity contribution in [3.63, 3.8) is 0 Å². The second-order valence-electron chi connectivity index (χ2n) is 1.98. The minimum atomic E-state index is -0.160. The van der Waals surface area contributed by atoms with E-state index in [0.717, 1.165) is 6.42 Å². The lowest BCUT2D eigenvalue weighted by molar-refractivity contribution is 0.627. The molecule has 0 aliphatic carbocycles. The molecule has 0 radical (unpaired) electrons. The monoisotopic (exact) mass is 155 g/mol. The van der Waals surface area contributed by atoms with Crippen molar-refractivity contribution in [1.82, 2.24) is 0 Å². The van der Waals surface area contributed by atoms with Gasteiger partial charge >= 0.3 is 0 Å². The van der Waals surface area contributed by atoms with E-state index in [1.165, 1.54) is 24.7 Å². The number of nitrogens with two attached hydrogens (primary N) is 1. The molecule has 0 amide bonds. The summed E-state index contributed by atoms with van der Waals surface area (Å²) in [6.45, 7) is 2.05. The van der Waals surface area contributed by atoms with Gasteiger partial charge < -0.3 is 5.73 Å². The first-order valence-electron chi connectivity index (χ1n) is 3.65. The van der Waals surface area contributed by atoms with Crippen LogP contribution in [0.1, 0.15) is 12.5 Å². The zero-order chi connectivity index (χ0) is 8.69. The van der Waals surface area contributed by atoms with Crippen molar-refractivity contribution < 1.29 is 4.39 Å². The van der Waals surface area contributed by atoms with E-state index in [4.69, 9.17) is 0 Å². The fourth-order valence-corrected chi connectivity index (χ4v) is 0.720. The van der Waals surface area contributed by atoms with Gasteiger partial charge in [-0.1, -0.05) is 19.1 Å². The molecule has 11 heavy (non-hydrogen) atoms. The van der Waals surface area contributed by atoms with Crippen LogP contribution in [-0.2, 0) is 6.42 Å². The van der Waals surface area contributed by atoms with E-state index in [0.29, 0.717) is 0 Å². The van der Waals surface area contributed by atoms with Crippen LogP contribution in [0.15, 0.2) is 24.3 Å². The lowest BCUT2D eigenvalue weighted by Crippen LogP contribution is -1.78. The Balaban J connectivity index is 0.000000461. The van der Waals surface area contributed by atoms with Crippen LogP contribution in [0.4, 0.5) is 4.39 Å². The van der Waals surface area contributed by atoms with Crippen molar-refractivity contribution >= 4 is 0 Å². The SMILES string of the molecule is CCc1ccc(F)cc1.CN. The lowest BCUT2D eigenvalue weighted by atomic mass is 10.2. The predicted octanol–water partition coefficient (Wildman–Crippen LogP) is 1.96. The number of hydrogen-bond acceptors (Lipinski definition) is 1. The average Bonchev–Trinajstić information content (AvgIpc) is 2.10. The molecule has 62 valence electrons. The molecule has 2 heteroatoms. The molecule has 0 aliphatic heterocycles. The Bertz CT molecular complexity index is 181. The molecule has 1 rings (SSSR count). The zero-order valence-corrected chi connectivity index (χ0v) is 6.97. The zero-order valence-electron chi connectivity index (χ0n) is 6.97. The van der Waals surface area contributed by atoms with Crippen LogP contribution in [0.5, 0.6) is 0 Å². The van der Waals surface area contributed by atoms with E-state index in [2.05, 4.69) is 5.73 Å². The standard InChI is InChI=1S/C8H9F.CH5N/c1-2-7-3-5-8(9)6-4-7;1-2/h3-6H,2H2,1H3;2H2,1H3. The smallest absolute Gasteiger partial charge is 0.123 e. The highest BCUT2D eigenvalue weighted by molar-refractivity contribution is 5.15. The summed E-state index contributed by atoms with van der Waals surface area (Å²) >= 11 is 0. The van der Waals surface area contributed by atoms with Gasteiger partial charge in [-0.15, -0.1) is 0 Å². The highest BCUT2D eigenvalue weighted by atomic mass is 19.1. The van der Waals surface area contributed by atoms with Gasteiger partial charge in [-0.3, -0.25) is 0 Å². The fraction of sp³-hybridized carbons (Fsp3) is 0.333. The second kappa shape index (κ2) is 5.86. The molecular formula is C9H14FN. The van der Waals surface area contributed by atoms with Gasteiger partial charge in [-0.25, -0.2) is 4.39 Å². The van der Waals surface area contributed by atoms with Crippen LogP contribution in [0.3, 0.4) is 0 Å². The van der Waals surface area contributed by atoms with E-state index in [1.807, 2.05) is 6.92 Å². The Morgan fingerprint density at radius 2 is 1.64 bits per heavy atom. The maximum absolute atomic E-state index is 12.2. The van der Waals surface area contributed by atoms with Crippen molar-refractivity contribution in [1.29, 1.82) is 0 Å². The number of rotatable bonds is 1. The van der Waals surface area contributed by atoms with E-state index >= 15 is 0 Å². The van der Waals surface area contributed by atoms with Crippen LogP contribution < -0.4 is 5.73 Å².